The molecule has 0 bridgehead atoms. The largest absolute Gasteiger partial charge is 0.310 e. The van der Waals surface area contributed by atoms with Crippen molar-refractivity contribution in [3.63, 3.8) is 0 Å². The van der Waals surface area contributed by atoms with Crippen LogP contribution in [0, 0.1) is 11.8 Å². The molecule has 0 spiro atoms. The number of likely N-dealkylation sites (tertiary alicyclic amines) is 1. The molecule has 1 aliphatic carbocycles. The van der Waals surface area contributed by atoms with Crippen molar-refractivity contribution in [1.82, 2.24) is 10.2 Å². The molecule has 0 amide bonds. The van der Waals surface area contributed by atoms with Crippen LogP contribution < -0.4 is 5.32 Å². The SMILES string of the molecule is CCN1CCCC(NC2CC(C)CCC2C)C1. The molecular weight excluding hydrogens is 208 g/mol. The van der Waals surface area contributed by atoms with Crippen molar-refractivity contribution in [2.45, 2.75) is 65.0 Å². The molecule has 0 aromatic heterocycles. The Morgan fingerprint density at radius 3 is 2.76 bits per heavy atom. The van der Waals surface area contributed by atoms with Crippen molar-refractivity contribution >= 4 is 0 Å². The third-order valence-electron chi connectivity index (χ3n) is 4.86. The number of nitrogens with zero attached hydrogens (tertiary/aromatic N) is 1. The van der Waals surface area contributed by atoms with Crippen molar-refractivity contribution in [2.24, 2.45) is 11.8 Å². The van der Waals surface area contributed by atoms with Gasteiger partial charge in [-0.25, -0.2) is 0 Å². The van der Waals surface area contributed by atoms with Crippen LogP contribution in [0.4, 0.5) is 0 Å². The van der Waals surface area contributed by atoms with Crippen molar-refractivity contribution in [3.05, 3.63) is 0 Å². The standard InChI is InChI=1S/C15H30N2/c1-4-17-9-5-6-14(11-17)16-15-10-12(2)7-8-13(15)3/h12-16H,4-11H2,1-3H3. The molecule has 100 valence electrons. The number of nitrogens with one attached hydrogen (secondary N) is 1. The topological polar surface area (TPSA) is 15.3 Å². The molecule has 1 saturated heterocycles. The van der Waals surface area contributed by atoms with Crippen LogP contribution in [0.3, 0.4) is 0 Å². The fourth-order valence-corrected chi connectivity index (χ4v) is 3.55. The van der Waals surface area contributed by atoms with E-state index in [9.17, 15) is 0 Å². The van der Waals surface area contributed by atoms with Gasteiger partial charge in [-0.2, -0.15) is 0 Å². The first kappa shape index (κ1) is 13.4. The molecule has 17 heavy (non-hydrogen) atoms. The molecule has 2 aliphatic rings. The van der Waals surface area contributed by atoms with Crippen molar-refractivity contribution in [3.8, 4) is 0 Å². The monoisotopic (exact) mass is 238 g/mol. The summed E-state index contributed by atoms with van der Waals surface area (Å²) in [7, 11) is 0. The van der Waals surface area contributed by atoms with Gasteiger partial charge in [0.05, 0.1) is 0 Å². The smallest absolute Gasteiger partial charge is 0.0198 e. The summed E-state index contributed by atoms with van der Waals surface area (Å²) >= 11 is 0. The zero-order valence-electron chi connectivity index (χ0n) is 11.9. The Labute approximate surface area is 107 Å². The lowest BCUT2D eigenvalue weighted by Gasteiger charge is -2.39. The van der Waals surface area contributed by atoms with E-state index in [1.54, 1.807) is 0 Å². The van der Waals surface area contributed by atoms with Crippen LogP contribution in [0.5, 0.6) is 0 Å². The molecule has 0 radical (unpaired) electrons. The fraction of sp³-hybridized carbons (Fsp3) is 1.00. The summed E-state index contributed by atoms with van der Waals surface area (Å²) < 4.78 is 0. The molecule has 1 saturated carbocycles. The number of likely N-dealkylation sites (N-methyl/N-ethyl adjacent to an activating group) is 1. The third kappa shape index (κ3) is 3.69. The highest BCUT2D eigenvalue weighted by atomic mass is 15.2. The summed E-state index contributed by atoms with van der Waals surface area (Å²) in [6.45, 7) is 10.9. The van der Waals surface area contributed by atoms with E-state index in [1.807, 2.05) is 0 Å². The van der Waals surface area contributed by atoms with Crippen LogP contribution in [0.25, 0.3) is 0 Å². The molecule has 0 aromatic rings. The molecule has 2 fully saturated rings. The van der Waals surface area contributed by atoms with Gasteiger partial charge in [-0.3, -0.25) is 0 Å². The molecule has 2 heteroatoms. The number of rotatable bonds is 3. The number of hydrogen-bond acceptors (Lipinski definition) is 2. The van der Waals surface area contributed by atoms with Crippen LogP contribution in [-0.2, 0) is 0 Å². The Balaban J connectivity index is 1.82. The van der Waals surface area contributed by atoms with Crippen LogP contribution in [0.2, 0.25) is 0 Å². The third-order valence-corrected chi connectivity index (χ3v) is 4.86. The zero-order valence-corrected chi connectivity index (χ0v) is 11.9. The summed E-state index contributed by atoms with van der Waals surface area (Å²) in [5.41, 5.74) is 0. The minimum absolute atomic E-state index is 0.751. The van der Waals surface area contributed by atoms with Crippen molar-refractivity contribution in [1.29, 1.82) is 0 Å². The Morgan fingerprint density at radius 2 is 2.00 bits per heavy atom. The summed E-state index contributed by atoms with van der Waals surface area (Å²) in [6, 6.07) is 1.53. The molecule has 2 nitrogen and oxygen atoms in total. The molecule has 0 aromatic carbocycles. The van der Waals surface area contributed by atoms with Crippen LogP contribution in [0.1, 0.15) is 52.9 Å². The van der Waals surface area contributed by atoms with Gasteiger partial charge >= 0.3 is 0 Å². The highest BCUT2D eigenvalue weighted by molar-refractivity contribution is 4.86. The summed E-state index contributed by atoms with van der Waals surface area (Å²) in [5.74, 6) is 1.80. The molecule has 4 atom stereocenters. The summed E-state index contributed by atoms with van der Waals surface area (Å²) in [6.07, 6.45) is 7.01. The van der Waals surface area contributed by atoms with E-state index in [0.717, 1.165) is 23.9 Å². The van der Waals surface area contributed by atoms with Gasteiger partial charge in [0.25, 0.3) is 0 Å². The minimum atomic E-state index is 0.751. The van der Waals surface area contributed by atoms with Gasteiger partial charge in [0.1, 0.15) is 0 Å². The second-order valence-electron chi connectivity index (χ2n) is 6.40. The van der Waals surface area contributed by atoms with E-state index in [0.29, 0.717) is 0 Å². The van der Waals surface area contributed by atoms with E-state index in [1.165, 1.54) is 51.7 Å². The zero-order chi connectivity index (χ0) is 12.3. The molecule has 1 heterocycles. The van der Waals surface area contributed by atoms with Crippen molar-refractivity contribution < 1.29 is 0 Å². The average Bonchev–Trinajstić information content (AvgIpc) is 2.34. The van der Waals surface area contributed by atoms with E-state index in [4.69, 9.17) is 0 Å². The Kier molecular flexibility index (Phi) is 4.87. The molecule has 1 N–H and O–H groups in total. The number of piperidine rings is 1. The lowest BCUT2D eigenvalue weighted by atomic mass is 9.79. The maximum atomic E-state index is 3.96. The van der Waals surface area contributed by atoms with E-state index in [2.05, 4.69) is 31.0 Å². The Bertz CT molecular complexity index is 229. The van der Waals surface area contributed by atoms with Gasteiger partial charge in [-0.05, 0) is 50.6 Å². The summed E-state index contributed by atoms with van der Waals surface area (Å²) in [5, 5.41) is 3.96. The predicted molar refractivity (Wildman–Crippen MR) is 74.2 cm³/mol. The van der Waals surface area contributed by atoms with Gasteiger partial charge in [0.2, 0.25) is 0 Å². The number of hydrogen-bond donors (Lipinski definition) is 1. The van der Waals surface area contributed by atoms with Crippen LogP contribution in [-0.4, -0.2) is 36.6 Å². The first-order chi connectivity index (χ1) is 8.19. The highest BCUT2D eigenvalue weighted by Gasteiger charge is 2.28. The van der Waals surface area contributed by atoms with Crippen LogP contribution in [0.15, 0.2) is 0 Å². The highest BCUT2D eigenvalue weighted by Crippen LogP contribution is 2.29. The minimum Gasteiger partial charge on any atom is -0.310 e. The first-order valence-electron chi connectivity index (χ1n) is 7.67. The van der Waals surface area contributed by atoms with Crippen LogP contribution >= 0.6 is 0 Å². The quantitative estimate of drug-likeness (QED) is 0.813. The summed E-state index contributed by atoms with van der Waals surface area (Å²) in [4.78, 5) is 2.60. The van der Waals surface area contributed by atoms with E-state index in [-0.39, 0.29) is 0 Å². The second kappa shape index (κ2) is 6.19. The second-order valence-corrected chi connectivity index (χ2v) is 6.40. The van der Waals surface area contributed by atoms with Gasteiger partial charge in [-0.1, -0.05) is 27.2 Å². The molecule has 1 aliphatic heterocycles. The molecule has 4 unspecified atom stereocenters. The van der Waals surface area contributed by atoms with Gasteiger partial charge in [-0.15, -0.1) is 0 Å². The van der Waals surface area contributed by atoms with E-state index >= 15 is 0 Å². The lowest BCUT2D eigenvalue weighted by Crippen LogP contribution is -2.51. The van der Waals surface area contributed by atoms with Gasteiger partial charge < -0.3 is 10.2 Å². The maximum Gasteiger partial charge on any atom is 0.0198 e. The Hall–Kier alpha value is -0.0800. The maximum absolute atomic E-state index is 3.96. The predicted octanol–water partition coefficient (Wildman–Crippen LogP) is 2.89. The Morgan fingerprint density at radius 1 is 1.18 bits per heavy atom. The average molecular weight is 238 g/mol. The van der Waals surface area contributed by atoms with E-state index < -0.39 is 0 Å². The molecule has 2 rings (SSSR count). The first-order valence-corrected chi connectivity index (χ1v) is 7.67. The van der Waals surface area contributed by atoms with Crippen molar-refractivity contribution in [2.75, 3.05) is 19.6 Å². The van der Waals surface area contributed by atoms with Gasteiger partial charge in [0, 0.05) is 18.6 Å². The molecular formula is C15H30N2. The van der Waals surface area contributed by atoms with Gasteiger partial charge in [0.15, 0.2) is 0 Å². The lowest BCUT2D eigenvalue weighted by molar-refractivity contribution is 0.155. The normalized spacial score (nSPS) is 40.4. The fourth-order valence-electron chi connectivity index (χ4n) is 3.55.